The lowest BCUT2D eigenvalue weighted by molar-refractivity contribution is 0.0672. The third kappa shape index (κ3) is 3.83. The zero-order valence-corrected chi connectivity index (χ0v) is 16.0. The minimum absolute atomic E-state index is 0.163. The van der Waals surface area contributed by atoms with E-state index in [0.29, 0.717) is 17.7 Å². The molecule has 0 aliphatic carbocycles. The number of piperidine rings is 1. The topological polar surface area (TPSA) is 68.5 Å². The fraction of sp³-hybridized carbons (Fsp3) is 0.632. The van der Waals surface area contributed by atoms with Crippen LogP contribution in [-0.2, 0) is 11.2 Å². The lowest BCUT2D eigenvalue weighted by Gasteiger charge is -2.32. The van der Waals surface area contributed by atoms with Crippen LogP contribution in [0.1, 0.15) is 58.6 Å². The Hall–Kier alpha value is -1.73. The minimum Gasteiger partial charge on any atom is -0.381 e. The van der Waals surface area contributed by atoms with Gasteiger partial charge in [0.1, 0.15) is 0 Å². The number of thiophene rings is 1. The number of amides is 1. The summed E-state index contributed by atoms with van der Waals surface area (Å²) < 4.78 is 10.9. The smallest absolute Gasteiger partial charge is 0.264 e. The molecule has 2 aromatic rings. The number of nitrogens with zero attached hydrogens (tertiary/aromatic N) is 3. The van der Waals surface area contributed by atoms with Gasteiger partial charge in [0.15, 0.2) is 5.82 Å². The molecule has 26 heavy (non-hydrogen) atoms. The molecule has 2 aliphatic rings. The number of aromatic nitrogens is 2. The van der Waals surface area contributed by atoms with Gasteiger partial charge in [0.25, 0.3) is 5.91 Å². The number of hydrogen-bond acceptors (Lipinski definition) is 6. The van der Waals surface area contributed by atoms with Crippen molar-refractivity contribution in [1.82, 2.24) is 15.0 Å². The van der Waals surface area contributed by atoms with Gasteiger partial charge in [-0.2, -0.15) is 4.98 Å². The molecule has 140 valence electrons. The highest BCUT2D eigenvalue weighted by molar-refractivity contribution is 7.12. The van der Waals surface area contributed by atoms with Crippen molar-refractivity contribution in [2.45, 2.75) is 44.9 Å². The minimum atomic E-state index is 0.163. The predicted octanol–water partition coefficient (Wildman–Crippen LogP) is 3.43. The third-order valence-corrected chi connectivity index (χ3v) is 6.40. The van der Waals surface area contributed by atoms with Gasteiger partial charge in [0, 0.05) is 38.6 Å². The summed E-state index contributed by atoms with van der Waals surface area (Å²) in [5.74, 6) is 2.43. The first-order valence-electron chi connectivity index (χ1n) is 9.44. The highest BCUT2D eigenvalue weighted by atomic mass is 32.1. The zero-order chi connectivity index (χ0) is 17.9. The maximum Gasteiger partial charge on any atom is 0.264 e. The first kappa shape index (κ1) is 17.7. The molecule has 0 bridgehead atoms. The highest BCUT2D eigenvalue weighted by Crippen LogP contribution is 2.27. The van der Waals surface area contributed by atoms with Gasteiger partial charge in [0.2, 0.25) is 5.89 Å². The van der Waals surface area contributed by atoms with Gasteiger partial charge in [-0.3, -0.25) is 4.79 Å². The van der Waals surface area contributed by atoms with Gasteiger partial charge in [-0.05, 0) is 55.5 Å². The molecule has 0 radical (unpaired) electrons. The van der Waals surface area contributed by atoms with Crippen molar-refractivity contribution in [3.63, 3.8) is 0 Å². The van der Waals surface area contributed by atoms with E-state index in [1.54, 1.807) is 0 Å². The van der Waals surface area contributed by atoms with Crippen molar-refractivity contribution < 1.29 is 14.1 Å². The quantitative estimate of drug-likeness (QED) is 0.819. The molecule has 2 aromatic heterocycles. The molecule has 4 heterocycles. The van der Waals surface area contributed by atoms with E-state index in [4.69, 9.17) is 9.26 Å². The van der Waals surface area contributed by atoms with E-state index in [1.165, 1.54) is 11.3 Å². The maximum atomic E-state index is 12.8. The van der Waals surface area contributed by atoms with Gasteiger partial charge in [-0.15, -0.1) is 11.3 Å². The number of likely N-dealkylation sites (tertiary alicyclic amines) is 1. The van der Waals surface area contributed by atoms with Gasteiger partial charge in [0.05, 0.1) is 4.88 Å². The van der Waals surface area contributed by atoms with Crippen LogP contribution in [0.3, 0.4) is 0 Å². The van der Waals surface area contributed by atoms with E-state index >= 15 is 0 Å². The standard InChI is InChI=1S/C19H25N3O3S/c1-13-6-10-26-17(13)19(23)22-7-2-3-14(12-22)11-16-20-18(21-25-16)15-4-8-24-9-5-15/h6,10,14-15H,2-5,7-9,11-12H2,1H3. The van der Waals surface area contributed by atoms with E-state index < -0.39 is 0 Å². The Morgan fingerprint density at radius 2 is 2.19 bits per heavy atom. The molecule has 1 amide bonds. The Morgan fingerprint density at radius 3 is 2.96 bits per heavy atom. The van der Waals surface area contributed by atoms with Crippen LogP contribution in [0.4, 0.5) is 0 Å². The Balaban J connectivity index is 1.37. The largest absolute Gasteiger partial charge is 0.381 e. The molecule has 2 aliphatic heterocycles. The van der Waals surface area contributed by atoms with Crippen molar-refractivity contribution in [3.8, 4) is 0 Å². The van der Waals surface area contributed by atoms with Crippen LogP contribution in [0, 0.1) is 12.8 Å². The number of carbonyl (C=O) groups excluding carboxylic acids is 1. The SMILES string of the molecule is Cc1ccsc1C(=O)N1CCCC(Cc2nc(C3CCOCC3)no2)C1. The van der Waals surface area contributed by atoms with Gasteiger partial charge in [-0.25, -0.2) is 0 Å². The predicted molar refractivity (Wildman–Crippen MR) is 98.5 cm³/mol. The summed E-state index contributed by atoms with van der Waals surface area (Å²) in [5, 5.41) is 6.18. The second-order valence-corrected chi connectivity index (χ2v) is 8.25. The first-order valence-corrected chi connectivity index (χ1v) is 10.3. The summed E-state index contributed by atoms with van der Waals surface area (Å²) in [4.78, 5) is 20.2. The Kier molecular flexibility index (Phi) is 5.36. The summed E-state index contributed by atoms with van der Waals surface area (Å²) >= 11 is 1.53. The van der Waals surface area contributed by atoms with Crippen LogP contribution < -0.4 is 0 Å². The number of rotatable bonds is 4. The number of aryl methyl sites for hydroxylation is 1. The van der Waals surface area contributed by atoms with Crippen molar-refractivity contribution >= 4 is 17.2 Å². The fourth-order valence-corrected chi connectivity index (χ4v) is 4.76. The first-order chi connectivity index (χ1) is 12.7. The second kappa shape index (κ2) is 7.88. The zero-order valence-electron chi connectivity index (χ0n) is 15.1. The Bertz CT molecular complexity index is 751. The lowest BCUT2D eigenvalue weighted by Crippen LogP contribution is -2.40. The van der Waals surface area contributed by atoms with Crippen molar-refractivity contribution in [1.29, 1.82) is 0 Å². The molecule has 7 heteroatoms. The van der Waals surface area contributed by atoms with E-state index in [0.717, 1.165) is 74.7 Å². The molecule has 2 saturated heterocycles. The summed E-state index contributed by atoms with van der Waals surface area (Å²) in [6, 6.07) is 2.01. The van der Waals surface area contributed by atoms with Crippen molar-refractivity contribution in [2.75, 3.05) is 26.3 Å². The van der Waals surface area contributed by atoms with Crippen molar-refractivity contribution in [3.05, 3.63) is 33.6 Å². The number of carbonyl (C=O) groups is 1. The molecule has 0 saturated carbocycles. The molecule has 1 unspecified atom stereocenters. The highest BCUT2D eigenvalue weighted by Gasteiger charge is 2.28. The van der Waals surface area contributed by atoms with Crippen molar-refractivity contribution in [2.24, 2.45) is 5.92 Å². The summed E-state index contributed by atoms with van der Waals surface area (Å²) in [6.07, 6.45) is 4.81. The van der Waals surface area contributed by atoms with Gasteiger partial charge >= 0.3 is 0 Å². The van der Waals surface area contributed by atoms with E-state index in [1.807, 2.05) is 23.3 Å². The number of ether oxygens (including phenoxy) is 1. The second-order valence-electron chi connectivity index (χ2n) is 7.33. The Labute approximate surface area is 157 Å². The summed E-state index contributed by atoms with van der Waals surface area (Å²) in [7, 11) is 0. The third-order valence-electron chi connectivity index (χ3n) is 5.40. The molecule has 1 atom stereocenters. The molecule has 0 aromatic carbocycles. The molecular weight excluding hydrogens is 350 g/mol. The fourth-order valence-electron chi connectivity index (χ4n) is 3.87. The monoisotopic (exact) mass is 375 g/mol. The van der Waals surface area contributed by atoms with E-state index in [-0.39, 0.29) is 5.91 Å². The molecule has 2 fully saturated rings. The Morgan fingerprint density at radius 1 is 1.35 bits per heavy atom. The van der Waals surface area contributed by atoms with E-state index in [2.05, 4.69) is 10.1 Å². The summed E-state index contributed by atoms with van der Waals surface area (Å²) in [6.45, 7) is 5.16. The lowest BCUT2D eigenvalue weighted by atomic mass is 9.94. The van der Waals surface area contributed by atoms with Crippen LogP contribution in [0.25, 0.3) is 0 Å². The van der Waals surface area contributed by atoms with Crippen LogP contribution in [-0.4, -0.2) is 47.3 Å². The van der Waals surface area contributed by atoms with Crippen LogP contribution in [0.5, 0.6) is 0 Å². The normalized spacial score (nSPS) is 21.9. The van der Waals surface area contributed by atoms with Gasteiger partial charge < -0.3 is 14.2 Å². The summed E-state index contributed by atoms with van der Waals surface area (Å²) in [5.41, 5.74) is 1.07. The maximum absolute atomic E-state index is 12.8. The van der Waals surface area contributed by atoms with Crippen LogP contribution in [0.15, 0.2) is 16.0 Å². The van der Waals surface area contributed by atoms with E-state index in [9.17, 15) is 4.79 Å². The molecular formula is C19H25N3O3S. The molecule has 0 N–H and O–H groups in total. The van der Waals surface area contributed by atoms with Crippen LogP contribution in [0.2, 0.25) is 0 Å². The average Bonchev–Trinajstić information content (AvgIpc) is 3.31. The molecule has 4 rings (SSSR count). The average molecular weight is 375 g/mol. The molecule has 0 spiro atoms. The van der Waals surface area contributed by atoms with Crippen LogP contribution >= 0.6 is 11.3 Å². The van der Waals surface area contributed by atoms with Gasteiger partial charge in [-0.1, -0.05) is 5.16 Å². The molecule has 6 nitrogen and oxygen atoms in total. The number of hydrogen-bond donors (Lipinski definition) is 0.